The van der Waals surface area contributed by atoms with Gasteiger partial charge in [-0.15, -0.1) is 11.3 Å². The van der Waals surface area contributed by atoms with Crippen LogP contribution in [0.15, 0.2) is 35.7 Å². The van der Waals surface area contributed by atoms with Gasteiger partial charge in [-0.2, -0.15) is 0 Å². The minimum absolute atomic E-state index is 0.00995. The first-order valence-corrected chi connectivity index (χ1v) is 6.74. The van der Waals surface area contributed by atoms with Crippen LogP contribution in [0.1, 0.15) is 15.2 Å². The fraction of sp³-hybridized carbons (Fsp3) is 0.214. The first-order valence-electron chi connectivity index (χ1n) is 5.86. The first-order chi connectivity index (χ1) is 9.33. The van der Waals surface area contributed by atoms with E-state index in [1.165, 1.54) is 11.3 Å². The summed E-state index contributed by atoms with van der Waals surface area (Å²) in [5, 5.41) is 1.88. The smallest absolute Gasteiger partial charge is 0.231 e. The molecule has 0 bridgehead atoms. The number of ketones is 1. The van der Waals surface area contributed by atoms with Gasteiger partial charge in [0.1, 0.15) is 6.61 Å². The highest BCUT2D eigenvalue weighted by molar-refractivity contribution is 7.12. The van der Waals surface area contributed by atoms with Crippen molar-refractivity contribution in [1.82, 2.24) is 0 Å². The maximum absolute atomic E-state index is 11.7. The molecule has 0 spiro atoms. The third-order valence-corrected chi connectivity index (χ3v) is 3.65. The Kier molecular flexibility index (Phi) is 3.48. The fourth-order valence-corrected chi connectivity index (χ4v) is 2.45. The molecule has 2 aromatic rings. The van der Waals surface area contributed by atoms with Crippen molar-refractivity contribution in [2.75, 3.05) is 13.4 Å². The summed E-state index contributed by atoms with van der Waals surface area (Å²) in [6.45, 7) is 0.735. The van der Waals surface area contributed by atoms with E-state index in [9.17, 15) is 4.79 Å². The van der Waals surface area contributed by atoms with Crippen molar-refractivity contribution in [1.29, 1.82) is 0 Å². The van der Waals surface area contributed by atoms with Crippen LogP contribution in [0, 0.1) is 0 Å². The number of ether oxygens (including phenoxy) is 3. The van der Waals surface area contributed by atoms with Crippen LogP contribution in [-0.2, 0) is 11.3 Å². The maximum atomic E-state index is 11.7. The molecule has 0 saturated heterocycles. The number of carbonyl (C=O) groups is 1. The number of benzene rings is 1. The molecular formula is C14H12O4S. The van der Waals surface area contributed by atoms with Gasteiger partial charge in [-0.3, -0.25) is 4.79 Å². The molecule has 0 unspecified atom stereocenters. The molecule has 1 aromatic carbocycles. The lowest BCUT2D eigenvalue weighted by atomic mass is 10.2. The lowest BCUT2D eigenvalue weighted by Gasteiger charge is -2.04. The molecule has 1 aromatic heterocycles. The predicted molar refractivity (Wildman–Crippen MR) is 70.9 cm³/mol. The molecule has 19 heavy (non-hydrogen) atoms. The summed E-state index contributed by atoms with van der Waals surface area (Å²) in [6, 6.07) is 9.29. The van der Waals surface area contributed by atoms with E-state index in [-0.39, 0.29) is 19.2 Å². The summed E-state index contributed by atoms with van der Waals surface area (Å²) in [5.41, 5.74) is 0.961. The first kappa shape index (κ1) is 12.2. The van der Waals surface area contributed by atoms with E-state index in [0.717, 1.165) is 21.9 Å². The van der Waals surface area contributed by atoms with Crippen molar-refractivity contribution in [2.45, 2.75) is 6.61 Å². The van der Waals surface area contributed by atoms with Gasteiger partial charge in [-0.25, -0.2) is 0 Å². The molecular weight excluding hydrogens is 264 g/mol. The Hall–Kier alpha value is -1.85. The minimum atomic E-state index is 0.00995. The average molecular weight is 276 g/mol. The molecule has 0 aliphatic carbocycles. The lowest BCUT2D eigenvalue weighted by Crippen LogP contribution is -2.07. The molecule has 0 N–H and O–H groups in total. The molecule has 0 atom stereocenters. The van der Waals surface area contributed by atoms with Crippen molar-refractivity contribution in [2.24, 2.45) is 0 Å². The molecule has 0 fully saturated rings. The van der Waals surface area contributed by atoms with E-state index in [1.807, 2.05) is 29.6 Å². The highest BCUT2D eigenvalue weighted by Gasteiger charge is 2.13. The average Bonchev–Trinajstić information content (AvgIpc) is 3.09. The van der Waals surface area contributed by atoms with E-state index in [4.69, 9.17) is 14.2 Å². The van der Waals surface area contributed by atoms with Gasteiger partial charge < -0.3 is 14.2 Å². The summed E-state index contributed by atoms with van der Waals surface area (Å²) in [4.78, 5) is 12.5. The van der Waals surface area contributed by atoms with Crippen molar-refractivity contribution < 1.29 is 19.0 Å². The van der Waals surface area contributed by atoms with Crippen LogP contribution in [0.5, 0.6) is 11.5 Å². The normalized spacial score (nSPS) is 12.6. The zero-order valence-electron chi connectivity index (χ0n) is 10.1. The van der Waals surface area contributed by atoms with Gasteiger partial charge >= 0.3 is 0 Å². The summed E-state index contributed by atoms with van der Waals surface area (Å²) in [7, 11) is 0. The Morgan fingerprint density at radius 1 is 1.26 bits per heavy atom. The molecule has 98 valence electrons. The highest BCUT2D eigenvalue weighted by atomic mass is 32.1. The number of Topliss-reactive ketones (excluding diaryl/α,β-unsaturated/α-hetero) is 1. The second-order valence-electron chi connectivity index (χ2n) is 4.08. The van der Waals surface area contributed by atoms with E-state index >= 15 is 0 Å². The Morgan fingerprint density at radius 2 is 2.16 bits per heavy atom. The Bertz CT molecular complexity index is 577. The third-order valence-electron chi connectivity index (χ3n) is 2.73. The minimum Gasteiger partial charge on any atom is -0.454 e. The number of rotatable bonds is 5. The zero-order valence-corrected chi connectivity index (χ0v) is 10.9. The van der Waals surface area contributed by atoms with Crippen molar-refractivity contribution in [3.63, 3.8) is 0 Å². The van der Waals surface area contributed by atoms with Crippen molar-refractivity contribution >= 4 is 17.1 Å². The number of hydrogen-bond donors (Lipinski definition) is 0. The SMILES string of the molecule is O=C(COCc1ccc2c(c1)OCO2)c1cccs1. The summed E-state index contributed by atoms with van der Waals surface area (Å²) in [6.07, 6.45) is 0. The molecule has 2 heterocycles. The highest BCUT2D eigenvalue weighted by Crippen LogP contribution is 2.32. The van der Waals surface area contributed by atoms with Gasteiger partial charge in [0.15, 0.2) is 17.3 Å². The number of thiophene rings is 1. The largest absolute Gasteiger partial charge is 0.454 e. The fourth-order valence-electron chi connectivity index (χ4n) is 1.80. The van der Waals surface area contributed by atoms with Gasteiger partial charge in [-0.05, 0) is 29.1 Å². The maximum Gasteiger partial charge on any atom is 0.231 e. The molecule has 0 radical (unpaired) electrons. The molecule has 4 nitrogen and oxygen atoms in total. The summed E-state index contributed by atoms with van der Waals surface area (Å²) < 4.78 is 15.9. The van der Waals surface area contributed by atoms with E-state index in [0.29, 0.717) is 6.61 Å². The van der Waals surface area contributed by atoms with Crippen LogP contribution >= 0.6 is 11.3 Å². The number of hydrogen-bond acceptors (Lipinski definition) is 5. The van der Waals surface area contributed by atoms with Crippen LogP contribution < -0.4 is 9.47 Å². The zero-order chi connectivity index (χ0) is 13.1. The molecule has 5 heteroatoms. The second kappa shape index (κ2) is 5.42. The molecule has 3 rings (SSSR count). The van der Waals surface area contributed by atoms with Gasteiger partial charge in [0.2, 0.25) is 6.79 Å². The van der Waals surface area contributed by atoms with Crippen LogP contribution in [0.3, 0.4) is 0 Å². The van der Waals surface area contributed by atoms with Gasteiger partial charge in [0.05, 0.1) is 11.5 Å². The predicted octanol–water partition coefficient (Wildman–Crippen LogP) is 2.88. The van der Waals surface area contributed by atoms with Crippen LogP contribution in [0.4, 0.5) is 0 Å². The van der Waals surface area contributed by atoms with E-state index in [1.54, 1.807) is 6.07 Å². The van der Waals surface area contributed by atoms with Crippen LogP contribution in [0.25, 0.3) is 0 Å². The van der Waals surface area contributed by atoms with Crippen LogP contribution in [0.2, 0.25) is 0 Å². The molecule has 0 saturated carbocycles. The Balaban J connectivity index is 1.54. The van der Waals surface area contributed by atoms with Gasteiger partial charge in [0.25, 0.3) is 0 Å². The molecule has 1 aliphatic rings. The van der Waals surface area contributed by atoms with Gasteiger partial charge in [0, 0.05) is 0 Å². The van der Waals surface area contributed by atoms with E-state index < -0.39 is 0 Å². The summed E-state index contributed by atoms with van der Waals surface area (Å²) >= 11 is 1.43. The topological polar surface area (TPSA) is 44.8 Å². The molecule has 0 amide bonds. The van der Waals surface area contributed by atoms with Crippen LogP contribution in [-0.4, -0.2) is 19.2 Å². The Morgan fingerprint density at radius 3 is 3.00 bits per heavy atom. The monoisotopic (exact) mass is 276 g/mol. The number of carbonyl (C=O) groups excluding carboxylic acids is 1. The van der Waals surface area contributed by atoms with Crippen molar-refractivity contribution in [3.05, 3.63) is 46.2 Å². The number of fused-ring (bicyclic) bond motifs is 1. The summed E-state index contributed by atoms with van der Waals surface area (Å²) in [5.74, 6) is 1.49. The standard InChI is InChI=1S/C14H12O4S/c15-11(14-2-1-5-19-14)8-16-7-10-3-4-12-13(6-10)18-9-17-12/h1-6H,7-9H2. The quantitative estimate of drug-likeness (QED) is 0.788. The van der Waals surface area contributed by atoms with E-state index in [2.05, 4.69) is 0 Å². The Labute approximate surface area is 114 Å². The van der Waals surface area contributed by atoms with Crippen molar-refractivity contribution in [3.8, 4) is 11.5 Å². The lowest BCUT2D eigenvalue weighted by molar-refractivity contribution is 0.0730. The third kappa shape index (κ3) is 2.77. The second-order valence-corrected chi connectivity index (χ2v) is 5.03. The molecule has 1 aliphatic heterocycles. The van der Waals surface area contributed by atoms with Gasteiger partial charge in [-0.1, -0.05) is 12.1 Å².